The average Bonchev–Trinajstić information content (AvgIpc) is 1.74. The highest BCUT2D eigenvalue weighted by atomic mass is 14.5. The van der Waals surface area contributed by atoms with E-state index in [1.165, 1.54) is 11.8 Å². The zero-order valence-electron chi connectivity index (χ0n) is 3.28. The number of hydrogen-bond donors (Lipinski definition) is 0. The first-order valence-corrected chi connectivity index (χ1v) is 2.47. The molecule has 2 atom stereocenters. The van der Waals surface area contributed by atoms with Gasteiger partial charge < -0.3 is 0 Å². The molecule has 0 aromatic heterocycles. The van der Waals surface area contributed by atoms with Crippen LogP contribution in [0.15, 0.2) is 0 Å². The predicted molar refractivity (Wildman–Crippen MR) is 20.8 cm³/mol. The second-order valence-corrected chi connectivity index (χ2v) is 2.33. The summed E-state index contributed by atoms with van der Waals surface area (Å²) in [6.07, 6.45) is 4.70. The van der Waals surface area contributed by atoms with Crippen LogP contribution in [0.4, 0.5) is 0 Å². The Kier molecular flexibility index (Phi) is 0.198. The lowest BCUT2D eigenvalue weighted by Crippen LogP contribution is -1.93. The van der Waals surface area contributed by atoms with Crippen LogP contribution in [0.5, 0.6) is 0 Å². The van der Waals surface area contributed by atoms with Gasteiger partial charge in [-0.1, -0.05) is 0 Å². The van der Waals surface area contributed by atoms with E-state index < -0.39 is 0 Å². The minimum atomic E-state index is 1.23. The van der Waals surface area contributed by atoms with Crippen LogP contribution in [0.1, 0.15) is 19.3 Å². The Morgan fingerprint density at radius 2 is 1.60 bits per heavy atom. The number of hydrogen-bond acceptors (Lipinski definition) is 0. The molecule has 0 heterocycles. The third kappa shape index (κ3) is 0.132. The summed E-state index contributed by atoms with van der Waals surface area (Å²) < 4.78 is 0. The van der Waals surface area contributed by atoms with Crippen molar-refractivity contribution in [2.75, 3.05) is 0 Å². The molecule has 2 fully saturated rings. The molecule has 0 heteroatoms. The van der Waals surface area contributed by atoms with Crippen LogP contribution < -0.4 is 0 Å². The van der Waals surface area contributed by atoms with Crippen LogP contribution in [0, 0.1) is 11.8 Å². The molecule has 2 saturated carbocycles. The van der Waals surface area contributed by atoms with Crippen LogP contribution in [0.2, 0.25) is 0 Å². The molecule has 0 saturated heterocycles. The Morgan fingerprint density at radius 1 is 1.00 bits per heavy atom. The Morgan fingerprint density at radius 3 is 1.60 bits per heavy atom. The Labute approximate surface area is 32.2 Å². The van der Waals surface area contributed by atoms with Gasteiger partial charge in [0.15, 0.2) is 0 Å². The van der Waals surface area contributed by atoms with Gasteiger partial charge in [-0.15, -0.1) is 0 Å². The van der Waals surface area contributed by atoms with Crippen molar-refractivity contribution >= 4 is 0 Å². The van der Waals surface area contributed by atoms with Crippen LogP contribution in [-0.4, -0.2) is 0 Å². The summed E-state index contributed by atoms with van der Waals surface area (Å²) in [4.78, 5) is 0. The van der Waals surface area contributed by atoms with Gasteiger partial charge in [0.25, 0.3) is 0 Å². The second kappa shape index (κ2) is 0.444. The molecule has 1 unspecified atom stereocenters. The van der Waals surface area contributed by atoms with E-state index in [0.29, 0.717) is 0 Å². The van der Waals surface area contributed by atoms with E-state index in [1.54, 1.807) is 19.3 Å². The Bertz CT molecular complexity index is 45.1. The summed E-state index contributed by atoms with van der Waals surface area (Å²) in [6, 6.07) is 0. The van der Waals surface area contributed by atoms with Gasteiger partial charge in [0, 0.05) is 0 Å². The highest BCUT2D eigenvalue weighted by Crippen LogP contribution is 2.55. The second-order valence-electron chi connectivity index (χ2n) is 2.33. The van der Waals surface area contributed by atoms with Crippen LogP contribution >= 0.6 is 0 Å². The molecule has 0 aliphatic heterocycles. The van der Waals surface area contributed by atoms with Crippen LogP contribution in [0.3, 0.4) is 0 Å². The molecule has 2 aliphatic carbocycles. The summed E-state index contributed by atoms with van der Waals surface area (Å²) >= 11 is 0. The van der Waals surface area contributed by atoms with Gasteiger partial charge in [-0.25, -0.2) is 0 Å². The van der Waals surface area contributed by atoms with Gasteiger partial charge in [-0.05, 0) is 31.1 Å². The fourth-order valence-electron chi connectivity index (χ4n) is 1.18. The smallest absolute Gasteiger partial charge is 0.0383 e. The molecule has 5 heavy (non-hydrogen) atoms. The molecule has 0 radical (unpaired) electrons. The van der Waals surface area contributed by atoms with E-state index in [2.05, 4.69) is 0 Å². The summed E-state index contributed by atoms with van der Waals surface area (Å²) in [7, 11) is 0. The van der Waals surface area contributed by atoms with Gasteiger partial charge in [0.2, 0.25) is 0 Å². The summed E-state index contributed by atoms with van der Waals surface area (Å²) in [5.74, 6) is 2.46. The Hall–Kier alpha value is 0. The van der Waals surface area contributed by atoms with Gasteiger partial charge in [-0.3, -0.25) is 0 Å². The maximum atomic E-state index is 1.58. The third-order valence-corrected chi connectivity index (χ3v) is 1.98. The molecule has 2 rings (SSSR count). The minimum Gasteiger partial charge on any atom is -0.0499 e. The topological polar surface area (TPSA) is 0 Å². The van der Waals surface area contributed by atoms with Crippen molar-refractivity contribution in [3.8, 4) is 0 Å². The van der Waals surface area contributed by atoms with Crippen LogP contribution in [-0.2, 0) is 0 Å². The summed E-state index contributed by atoms with van der Waals surface area (Å²) in [5.41, 5.74) is 0. The first-order valence-electron chi connectivity index (χ1n) is 2.47. The third-order valence-electron chi connectivity index (χ3n) is 1.98. The highest BCUT2D eigenvalue weighted by Gasteiger charge is 2.44. The first-order chi connectivity index (χ1) is 2.47. The lowest BCUT2D eigenvalue weighted by molar-refractivity contribution is 0.468. The molecule has 0 aromatic carbocycles. The van der Waals surface area contributed by atoms with Gasteiger partial charge in [-0.2, -0.15) is 0 Å². The van der Waals surface area contributed by atoms with Crippen molar-refractivity contribution in [3.63, 3.8) is 0 Å². The number of fused-ring (bicyclic) bond motifs is 1. The van der Waals surface area contributed by atoms with Crippen molar-refractivity contribution in [3.05, 3.63) is 0 Å². The molecule has 0 spiro atoms. The van der Waals surface area contributed by atoms with E-state index >= 15 is 0 Å². The predicted octanol–water partition coefficient (Wildman–Crippen LogP) is 1.42. The standard InChI is InChI=1S/C5H8/c1-2-5-3-4(1)5/h4-5H,1-3H2/t4-,5?/m0/s1. The molecule has 0 nitrogen and oxygen atoms in total. The normalized spacial score (nSPS) is 57.6. The largest absolute Gasteiger partial charge is 0.0499 e. The van der Waals surface area contributed by atoms with Crippen molar-refractivity contribution in [2.45, 2.75) is 19.3 Å². The zero-order valence-corrected chi connectivity index (χ0v) is 3.28. The van der Waals surface area contributed by atoms with Gasteiger partial charge in [0.05, 0.1) is 0 Å². The zero-order chi connectivity index (χ0) is 3.28. The van der Waals surface area contributed by atoms with E-state index in [0.717, 1.165) is 0 Å². The van der Waals surface area contributed by atoms with Crippen molar-refractivity contribution in [1.29, 1.82) is 0 Å². The van der Waals surface area contributed by atoms with Gasteiger partial charge in [0.1, 0.15) is 0 Å². The maximum absolute atomic E-state index is 1.58. The first kappa shape index (κ1) is 2.22. The fraction of sp³-hybridized carbons (Fsp3) is 1.00. The molecule has 0 aromatic rings. The summed E-state index contributed by atoms with van der Waals surface area (Å²) in [6.45, 7) is 0. The maximum Gasteiger partial charge on any atom is -0.0383 e. The molecule has 0 amide bonds. The monoisotopic (exact) mass is 68.1 g/mol. The Balaban J connectivity index is 2.19. The molecule has 0 N–H and O–H groups in total. The SMILES string of the molecule is C1C[C@H]2CC12. The minimum absolute atomic E-state index is 1.23. The molecule has 28 valence electrons. The highest BCUT2D eigenvalue weighted by molar-refractivity contribution is 4.95. The average molecular weight is 68.1 g/mol. The molecule has 2 aliphatic rings. The molecular formula is C5H8. The molecular weight excluding hydrogens is 60.1 g/mol. The lowest BCUT2D eigenvalue weighted by atomic mass is 10.0. The van der Waals surface area contributed by atoms with E-state index in [4.69, 9.17) is 0 Å². The van der Waals surface area contributed by atoms with E-state index in [1.807, 2.05) is 0 Å². The van der Waals surface area contributed by atoms with Crippen molar-refractivity contribution in [1.82, 2.24) is 0 Å². The van der Waals surface area contributed by atoms with E-state index in [-0.39, 0.29) is 0 Å². The van der Waals surface area contributed by atoms with E-state index in [9.17, 15) is 0 Å². The molecule has 0 bridgehead atoms. The van der Waals surface area contributed by atoms with Crippen molar-refractivity contribution < 1.29 is 0 Å². The fourth-order valence-corrected chi connectivity index (χ4v) is 1.18. The van der Waals surface area contributed by atoms with Crippen LogP contribution in [0.25, 0.3) is 0 Å². The number of rotatable bonds is 0. The van der Waals surface area contributed by atoms with Crippen molar-refractivity contribution in [2.24, 2.45) is 11.8 Å². The van der Waals surface area contributed by atoms with Gasteiger partial charge >= 0.3 is 0 Å². The lowest BCUT2D eigenvalue weighted by Gasteiger charge is -2.04. The summed E-state index contributed by atoms with van der Waals surface area (Å²) in [5, 5.41) is 0. The quantitative estimate of drug-likeness (QED) is 0.402.